The molecule has 1 heterocycles. The number of carboxylic acid groups (broad SMARTS) is 1. The van der Waals surface area contributed by atoms with Crippen LogP contribution in [0.3, 0.4) is 0 Å². The predicted molar refractivity (Wildman–Crippen MR) is 81.3 cm³/mol. The van der Waals surface area contributed by atoms with E-state index in [0.29, 0.717) is 18.7 Å². The summed E-state index contributed by atoms with van der Waals surface area (Å²) in [5.74, 6) is -0.315. The zero-order chi connectivity index (χ0) is 15.1. The fourth-order valence-electron chi connectivity index (χ4n) is 1.52. The molecule has 6 nitrogen and oxygen atoms in total. The first-order valence-electron chi connectivity index (χ1n) is 6.08. The lowest BCUT2D eigenvalue weighted by Crippen LogP contribution is -2.46. The minimum absolute atomic E-state index is 0.383. The van der Waals surface area contributed by atoms with E-state index in [2.05, 4.69) is 10.3 Å². The van der Waals surface area contributed by atoms with Gasteiger partial charge in [0.05, 0.1) is 17.7 Å². The molecule has 0 fully saturated rings. The van der Waals surface area contributed by atoms with Gasteiger partial charge in [0.1, 0.15) is 6.04 Å². The molecule has 1 rings (SSSR count). The molecular formula is C12H19N3O3S2. The van der Waals surface area contributed by atoms with Crippen LogP contribution in [0.15, 0.2) is 5.51 Å². The summed E-state index contributed by atoms with van der Waals surface area (Å²) < 4.78 is 0. The molecular weight excluding hydrogens is 298 g/mol. The molecule has 1 atom stereocenters. The minimum Gasteiger partial charge on any atom is -0.480 e. The van der Waals surface area contributed by atoms with Crippen LogP contribution in [0.4, 0.5) is 4.79 Å². The lowest BCUT2D eigenvalue weighted by Gasteiger charge is -2.21. The van der Waals surface area contributed by atoms with Crippen LogP contribution in [0.2, 0.25) is 0 Å². The molecule has 0 aliphatic rings. The third kappa shape index (κ3) is 5.01. The number of carbonyl (C=O) groups excluding carboxylic acids is 1. The van der Waals surface area contributed by atoms with E-state index < -0.39 is 12.0 Å². The number of urea groups is 1. The van der Waals surface area contributed by atoms with Crippen molar-refractivity contribution in [2.24, 2.45) is 0 Å². The normalized spacial score (nSPS) is 11.9. The lowest BCUT2D eigenvalue weighted by molar-refractivity contribution is -0.139. The van der Waals surface area contributed by atoms with Gasteiger partial charge in [-0.05, 0) is 25.4 Å². The van der Waals surface area contributed by atoms with Crippen LogP contribution in [0.1, 0.15) is 17.0 Å². The Morgan fingerprint density at radius 2 is 2.30 bits per heavy atom. The third-order valence-corrected chi connectivity index (χ3v) is 4.34. The lowest BCUT2D eigenvalue weighted by atomic mass is 10.2. The second-order valence-corrected chi connectivity index (χ2v) is 6.26. The van der Waals surface area contributed by atoms with Crippen LogP contribution < -0.4 is 5.32 Å². The minimum atomic E-state index is -1.00. The van der Waals surface area contributed by atoms with Crippen LogP contribution >= 0.6 is 23.1 Å². The Morgan fingerprint density at radius 1 is 1.60 bits per heavy atom. The Morgan fingerprint density at radius 3 is 2.80 bits per heavy atom. The highest BCUT2D eigenvalue weighted by Crippen LogP contribution is 2.14. The molecule has 8 heteroatoms. The van der Waals surface area contributed by atoms with Gasteiger partial charge in [0.15, 0.2) is 0 Å². The number of thiazole rings is 1. The number of amides is 2. The molecule has 0 aliphatic carbocycles. The van der Waals surface area contributed by atoms with Crippen molar-refractivity contribution in [3.8, 4) is 0 Å². The van der Waals surface area contributed by atoms with Gasteiger partial charge in [-0.15, -0.1) is 11.3 Å². The summed E-state index contributed by atoms with van der Waals surface area (Å²) in [4.78, 5) is 29.7. The summed E-state index contributed by atoms with van der Waals surface area (Å²) in [5.41, 5.74) is 2.63. The average Bonchev–Trinajstić information content (AvgIpc) is 2.79. The zero-order valence-electron chi connectivity index (χ0n) is 11.8. The molecule has 112 valence electrons. The van der Waals surface area contributed by atoms with Crippen LogP contribution in [0, 0.1) is 6.92 Å². The summed E-state index contributed by atoms with van der Waals surface area (Å²) in [6, 6.07) is -1.23. The summed E-state index contributed by atoms with van der Waals surface area (Å²) in [5, 5.41) is 11.6. The van der Waals surface area contributed by atoms with E-state index in [1.54, 1.807) is 24.3 Å². The number of rotatable bonds is 7. The molecule has 0 spiro atoms. The molecule has 0 saturated heterocycles. The van der Waals surface area contributed by atoms with Gasteiger partial charge in [0.2, 0.25) is 0 Å². The number of thioether (sulfide) groups is 1. The maximum absolute atomic E-state index is 12.0. The van der Waals surface area contributed by atoms with Gasteiger partial charge in [-0.1, -0.05) is 0 Å². The molecule has 1 aromatic rings. The number of nitrogens with one attached hydrogen (secondary N) is 1. The summed E-state index contributed by atoms with van der Waals surface area (Å²) >= 11 is 3.04. The van der Waals surface area contributed by atoms with E-state index >= 15 is 0 Å². The van der Waals surface area contributed by atoms with E-state index in [0.717, 1.165) is 10.6 Å². The average molecular weight is 317 g/mol. The third-order valence-electron chi connectivity index (χ3n) is 2.78. The summed E-state index contributed by atoms with van der Waals surface area (Å²) in [6.07, 6.45) is 2.31. The first kappa shape index (κ1) is 16.8. The van der Waals surface area contributed by atoms with Crippen molar-refractivity contribution in [2.75, 3.05) is 19.1 Å². The molecule has 0 unspecified atom stereocenters. The molecule has 20 heavy (non-hydrogen) atoms. The summed E-state index contributed by atoms with van der Waals surface area (Å²) in [6.45, 7) is 2.31. The van der Waals surface area contributed by atoms with E-state index in [1.807, 2.05) is 13.2 Å². The molecule has 1 aromatic heterocycles. The van der Waals surface area contributed by atoms with E-state index in [4.69, 9.17) is 5.11 Å². The number of hydrogen-bond acceptors (Lipinski definition) is 5. The highest BCUT2D eigenvalue weighted by molar-refractivity contribution is 7.98. The first-order valence-corrected chi connectivity index (χ1v) is 8.35. The van der Waals surface area contributed by atoms with Crippen LogP contribution in [-0.2, 0) is 11.3 Å². The molecule has 2 amide bonds. The molecule has 0 bridgehead atoms. The van der Waals surface area contributed by atoms with E-state index in [1.165, 1.54) is 16.2 Å². The molecule has 0 aromatic carbocycles. The van der Waals surface area contributed by atoms with Crippen molar-refractivity contribution >= 4 is 35.1 Å². The standard InChI is InChI=1S/C12H19N3O3S2/c1-8-10(20-7-13-8)6-15(2)12(18)14-9(11(16)17)4-5-19-3/h7,9H,4-6H2,1-3H3,(H,14,18)(H,16,17)/t9-/m0/s1. The van der Waals surface area contributed by atoms with E-state index in [9.17, 15) is 9.59 Å². The summed E-state index contributed by atoms with van der Waals surface area (Å²) in [7, 11) is 1.64. The highest BCUT2D eigenvalue weighted by Gasteiger charge is 2.21. The monoisotopic (exact) mass is 317 g/mol. The Kier molecular flexibility index (Phi) is 6.80. The Hall–Kier alpha value is -1.28. The predicted octanol–water partition coefficient (Wildman–Crippen LogP) is 1.80. The molecule has 0 radical (unpaired) electrons. The quantitative estimate of drug-likeness (QED) is 0.801. The molecule has 0 aliphatic heterocycles. The SMILES string of the molecule is CSCC[C@H](NC(=O)N(C)Cc1scnc1C)C(=O)O. The number of carboxylic acids is 1. The molecule has 2 N–H and O–H groups in total. The largest absolute Gasteiger partial charge is 0.480 e. The first-order chi connectivity index (χ1) is 9.45. The number of aliphatic carboxylic acids is 1. The Bertz CT molecular complexity index is 465. The number of hydrogen-bond donors (Lipinski definition) is 2. The van der Waals surface area contributed by atoms with Gasteiger partial charge < -0.3 is 15.3 Å². The second kappa shape index (κ2) is 8.11. The van der Waals surface area contributed by atoms with Crippen molar-refractivity contribution in [1.82, 2.24) is 15.2 Å². The topological polar surface area (TPSA) is 82.5 Å². The smallest absolute Gasteiger partial charge is 0.326 e. The maximum atomic E-state index is 12.0. The van der Waals surface area contributed by atoms with Crippen LogP contribution in [0.5, 0.6) is 0 Å². The fraction of sp³-hybridized carbons (Fsp3) is 0.583. The van der Waals surface area contributed by atoms with Crippen LogP contribution in [0.25, 0.3) is 0 Å². The Labute approximate surface area is 126 Å². The van der Waals surface area contributed by atoms with Crippen molar-refractivity contribution in [3.05, 3.63) is 16.1 Å². The Balaban J connectivity index is 2.55. The van der Waals surface area contributed by atoms with Gasteiger partial charge in [0, 0.05) is 11.9 Å². The van der Waals surface area contributed by atoms with Gasteiger partial charge in [0.25, 0.3) is 0 Å². The van der Waals surface area contributed by atoms with Gasteiger partial charge in [-0.3, -0.25) is 0 Å². The number of nitrogens with zero attached hydrogens (tertiary/aromatic N) is 2. The van der Waals surface area contributed by atoms with Crippen molar-refractivity contribution in [3.63, 3.8) is 0 Å². The van der Waals surface area contributed by atoms with Crippen LogP contribution in [-0.4, -0.2) is 52.1 Å². The van der Waals surface area contributed by atoms with Crippen molar-refractivity contribution in [1.29, 1.82) is 0 Å². The fourth-order valence-corrected chi connectivity index (χ4v) is 2.82. The molecule has 0 saturated carbocycles. The number of aromatic nitrogens is 1. The van der Waals surface area contributed by atoms with E-state index in [-0.39, 0.29) is 6.03 Å². The van der Waals surface area contributed by atoms with Gasteiger partial charge in [-0.25, -0.2) is 14.6 Å². The highest BCUT2D eigenvalue weighted by atomic mass is 32.2. The second-order valence-electron chi connectivity index (χ2n) is 4.34. The van der Waals surface area contributed by atoms with Gasteiger partial charge >= 0.3 is 12.0 Å². The van der Waals surface area contributed by atoms with Crippen molar-refractivity contribution < 1.29 is 14.7 Å². The van der Waals surface area contributed by atoms with Crippen molar-refractivity contribution in [2.45, 2.75) is 25.9 Å². The zero-order valence-corrected chi connectivity index (χ0v) is 13.4. The maximum Gasteiger partial charge on any atom is 0.326 e. The van der Waals surface area contributed by atoms with Gasteiger partial charge in [-0.2, -0.15) is 11.8 Å². The number of carbonyl (C=O) groups is 2. The number of aryl methyl sites for hydroxylation is 1.